The third-order valence-electron chi connectivity index (χ3n) is 7.80. The monoisotopic (exact) mass is 334 g/mol. The Labute approximate surface area is 155 Å². The van der Waals surface area contributed by atoms with Crippen molar-refractivity contribution in [2.24, 2.45) is 0 Å². The predicted octanol–water partition coefficient (Wildman–Crippen LogP) is 5.89. The zero-order chi connectivity index (χ0) is 17.4. The Morgan fingerprint density at radius 3 is 2.08 bits per heavy atom. The number of hydrogen-bond donors (Lipinski definition) is 0. The van der Waals surface area contributed by atoms with Gasteiger partial charge in [-0.1, -0.05) is 104 Å². The second-order valence-corrected chi connectivity index (χ2v) is 8.27. The van der Waals surface area contributed by atoms with Crippen LogP contribution in [0.4, 0.5) is 0 Å². The van der Waals surface area contributed by atoms with Crippen LogP contribution in [0.25, 0.3) is 0 Å². The minimum atomic E-state index is 0.126. The molecule has 0 bridgehead atoms. The van der Waals surface area contributed by atoms with E-state index in [1.54, 1.807) is 5.56 Å². The Morgan fingerprint density at radius 1 is 0.731 bits per heavy atom. The highest BCUT2D eigenvalue weighted by Crippen LogP contribution is 2.89. The lowest BCUT2D eigenvalue weighted by Gasteiger charge is -2.35. The minimum Gasteiger partial charge on any atom is -0.0869 e. The van der Waals surface area contributed by atoms with Crippen molar-refractivity contribution in [1.82, 2.24) is 0 Å². The van der Waals surface area contributed by atoms with Gasteiger partial charge in [0.2, 0.25) is 0 Å². The van der Waals surface area contributed by atoms with Gasteiger partial charge in [-0.3, -0.25) is 0 Å². The van der Waals surface area contributed by atoms with Gasteiger partial charge in [0.15, 0.2) is 0 Å². The molecule has 0 saturated heterocycles. The summed E-state index contributed by atoms with van der Waals surface area (Å²) in [6.07, 6.45) is 6.05. The van der Waals surface area contributed by atoms with Gasteiger partial charge in [0.25, 0.3) is 0 Å². The van der Waals surface area contributed by atoms with Crippen molar-refractivity contribution in [2.45, 2.75) is 35.5 Å². The zero-order valence-electron chi connectivity index (χ0n) is 15.0. The van der Waals surface area contributed by atoms with Crippen LogP contribution in [0.2, 0.25) is 0 Å². The normalized spacial score (nSPS) is 35.7. The Hall–Kier alpha value is -2.60. The van der Waals surface area contributed by atoms with Crippen LogP contribution in [0.3, 0.4) is 0 Å². The van der Waals surface area contributed by atoms with Crippen LogP contribution >= 0.6 is 0 Å². The second-order valence-electron chi connectivity index (χ2n) is 8.27. The van der Waals surface area contributed by atoms with Gasteiger partial charge in [0, 0.05) is 22.2 Å². The molecular formula is C26H22. The average molecular weight is 334 g/mol. The molecule has 0 amide bonds. The maximum absolute atomic E-state index is 2.53. The van der Waals surface area contributed by atoms with Crippen LogP contribution in [0.5, 0.6) is 0 Å². The third kappa shape index (κ3) is 1.25. The predicted molar refractivity (Wildman–Crippen MR) is 107 cm³/mol. The van der Waals surface area contributed by atoms with E-state index >= 15 is 0 Å². The quantitative estimate of drug-likeness (QED) is 0.513. The van der Waals surface area contributed by atoms with E-state index in [9.17, 15) is 0 Å². The molecule has 26 heavy (non-hydrogen) atoms. The first kappa shape index (κ1) is 14.6. The number of allylic oxidation sites excluding steroid dienone is 2. The molecule has 3 aromatic carbocycles. The first-order chi connectivity index (χ1) is 12.8. The van der Waals surface area contributed by atoms with E-state index in [1.807, 2.05) is 0 Å². The summed E-state index contributed by atoms with van der Waals surface area (Å²) in [7, 11) is 0. The fourth-order valence-corrected chi connectivity index (χ4v) is 7.07. The van der Waals surface area contributed by atoms with Crippen molar-refractivity contribution in [3.05, 3.63) is 119 Å². The summed E-state index contributed by atoms with van der Waals surface area (Å²) in [5, 5.41) is 0. The Bertz CT molecular complexity index is 1030. The molecule has 0 aromatic heterocycles. The molecule has 4 unspecified atom stereocenters. The van der Waals surface area contributed by atoms with Gasteiger partial charge < -0.3 is 0 Å². The van der Waals surface area contributed by atoms with Crippen molar-refractivity contribution in [3.63, 3.8) is 0 Å². The molecule has 0 aliphatic heterocycles. The van der Waals surface area contributed by atoms with Gasteiger partial charge in [-0.15, -0.1) is 0 Å². The summed E-state index contributed by atoms with van der Waals surface area (Å²) in [5.41, 5.74) is 6.49. The molecule has 126 valence electrons. The molecular weight excluding hydrogens is 312 g/mol. The maximum Gasteiger partial charge on any atom is 0.0268 e. The molecule has 0 N–H and O–H groups in total. The molecule has 3 aromatic rings. The highest BCUT2D eigenvalue weighted by molar-refractivity contribution is 5.75. The number of rotatable bonds is 2. The number of fused-ring (bicyclic) bond motifs is 4. The smallest absolute Gasteiger partial charge is 0.0268 e. The van der Waals surface area contributed by atoms with Crippen molar-refractivity contribution in [2.75, 3.05) is 0 Å². The second kappa shape index (κ2) is 4.57. The molecule has 0 spiro atoms. The Morgan fingerprint density at radius 2 is 1.35 bits per heavy atom. The van der Waals surface area contributed by atoms with Crippen LogP contribution in [-0.2, 0) is 16.2 Å². The van der Waals surface area contributed by atoms with E-state index in [1.165, 1.54) is 16.7 Å². The van der Waals surface area contributed by atoms with Crippen molar-refractivity contribution in [3.8, 4) is 0 Å². The van der Waals surface area contributed by atoms with E-state index in [2.05, 4.69) is 104 Å². The topological polar surface area (TPSA) is 0 Å². The molecule has 0 radical (unpaired) electrons. The van der Waals surface area contributed by atoms with Crippen LogP contribution in [-0.4, -0.2) is 0 Å². The highest BCUT2D eigenvalue weighted by atomic mass is 14.9. The summed E-state index contributed by atoms with van der Waals surface area (Å²) >= 11 is 0. The average Bonchev–Trinajstić information content (AvgIpc) is 3.15. The minimum absolute atomic E-state index is 0.126. The van der Waals surface area contributed by atoms with E-state index in [0.717, 1.165) is 6.42 Å². The van der Waals surface area contributed by atoms with E-state index < -0.39 is 0 Å². The number of hydrogen-bond acceptors (Lipinski definition) is 0. The van der Waals surface area contributed by atoms with Gasteiger partial charge in [-0.25, -0.2) is 0 Å². The lowest BCUT2D eigenvalue weighted by atomic mass is 9.67. The first-order valence-corrected chi connectivity index (χ1v) is 9.65. The van der Waals surface area contributed by atoms with Crippen LogP contribution < -0.4 is 0 Å². The van der Waals surface area contributed by atoms with Gasteiger partial charge in [-0.2, -0.15) is 0 Å². The molecule has 1 saturated carbocycles. The molecule has 0 heteroatoms. The summed E-state index contributed by atoms with van der Waals surface area (Å²) in [5.74, 6) is 0.458. The molecule has 0 nitrogen and oxygen atoms in total. The fraction of sp³-hybridized carbons (Fsp3) is 0.231. The fourth-order valence-electron chi connectivity index (χ4n) is 7.07. The summed E-state index contributed by atoms with van der Waals surface area (Å²) in [6.45, 7) is 2.53. The van der Waals surface area contributed by atoms with Crippen LogP contribution in [0.15, 0.2) is 97.1 Å². The molecule has 1 fully saturated rings. The van der Waals surface area contributed by atoms with Gasteiger partial charge >= 0.3 is 0 Å². The van der Waals surface area contributed by atoms with Gasteiger partial charge in [0.05, 0.1) is 0 Å². The van der Waals surface area contributed by atoms with Gasteiger partial charge in [-0.05, 0) is 28.7 Å². The lowest BCUT2D eigenvalue weighted by molar-refractivity contribution is 0.476. The molecule has 0 heterocycles. The van der Waals surface area contributed by atoms with E-state index in [4.69, 9.17) is 0 Å². The Balaban J connectivity index is 1.75. The maximum atomic E-state index is 2.53. The summed E-state index contributed by atoms with van der Waals surface area (Å²) < 4.78 is 0. The van der Waals surface area contributed by atoms with Crippen LogP contribution in [0, 0.1) is 0 Å². The number of benzene rings is 3. The van der Waals surface area contributed by atoms with Crippen molar-refractivity contribution in [1.29, 1.82) is 0 Å². The third-order valence-corrected chi connectivity index (χ3v) is 7.80. The highest BCUT2D eigenvalue weighted by Gasteiger charge is 2.90. The largest absolute Gasteiger partial charge is 0.0869 e. The standard InChI is InChI=1S/C26H22/c1-24-22-16-9-8-15-21(22)23-17-10-18-25(24,19-11-4-2-5-12-19)26(23,24)20-13-6-3-7-14-20/h2-17,23H,18H2,1H3. The van der Waals surface area contributed by atoms with E-state index in [-0.39, 0.29) is 16.2 Å². The van der Waals surface area contributed by atoms with Crippen LogP contribution in [0.1, 0.15) is 41.5 Å². The summed E-state index contributed by atoms with van der Waals surface area (Å²) in [4.78, 5) is 0. The van der Waals surface area contributed by atoms with E-state index in [0.29, 0.717) is 5.92 Å². The Kier molecular flexibility index (Phi) is 2.56. The first-order valence-electron chi connectivity index (χ1n) is 9.65. The molecule has 4 atom stereocenters. The molecule has 6 rings (SSSR count). The summed E-state index contributed by atoms with van der Waals surface area (Å²) in [6, 6.07) is 31.7. The zero-order valence-corrected chi connectivity index (χ0v) is 15.0. The SMILES string of the molecule is CC12c3ccccc3C3C=CCC1(c1ccccc1)C32c1ccccc1. The molecule has 3 aliphatic rings. The van der Waals surface area contributed by atoms with Crippen molar-refractivity contribution >= 4 is 0 Å². The molecule has 3 aliphatic carbocycles. The lowest BCUT2D eigenvalue weighted by Crippen LogP contribution is -2.30. The van der Waals surface area contributed by atoms with Gasteiger partial charge in [0.1, 0.15) is 0 Å². The van der Waals surface area contributed by atoms with Crippen molar-refractivity contribution < 1.29 is 0 Å².